The van der Waals surface area contributed by atoms with Gasteiger partial charge in [-0.1, -0.05) is 0 Å². The van der Waals surface area contributed by atoms with Crippen LogP contribution in [0.1, 0.15) is 23.6 Å². The Morgan fingerprint density at radius 1 is 1.17 bits per heavy atom. The molecule has 2 aromatic carbocycles. The molecule has 0 spiro atoms. The highest BCUT2D eigenvalue weighted by Gasteiger charge is 2.35. The molecule has 9 nitrogen and oxygen atoms in total. The minimum absolute atomic E-state index is 0.0316. The van der Waals surface area contributed by atoms with E-state index in [1.807, 2.05) is 0 Å². The molecule has 1 atom stereocenters. The molecule has 1 aromatic heterocycles. The Labute approximate surface area is 194 Å². The summed E-state index contributed by atoms with van der Waals surface area (Å²) >= 11 is 0. The van der Waals surface area contributed by atoms with Crippen LogP contribution in [0.2, 0.25) is 0 Å². The molecule has 0 bridgehead atoms. The summed E-state index contributed by atoms with van der Waals surface area (Å²) in [6, 6.07) is 4.59. The van der Waals surface area contributed by atoms with E-state index in [1.54, 1.807) is 0 Å². The van der Waals surface area contributed by atoms with E-state index in [0.29, 0.717) is 6.07 Å². The highest BCUT2D eigenvalue weighted by Crippen LogP contribution is 2.39. The zero-order valence-corrected chi connectivity index (χ0v) is 17.8. The number of hydrogen-bond acceptors (Lipinski definition) is 8. The van der Waals surface area contributed by atoms with Gasteiger partial charge in [-0.15, -0.1) is 0 Å². The Balaban J connectivity index is 1.65. The van der Waals surface area contributed by atoms with Crippen LogP contribution in [0.25, 0.3) is 0 Å². The molecule has 4 rings (SSSR count). The fourth-order valence-corrected chi connectivity index (χ4v) is 3.59. The van der Waals surface area contributed by atoms with E-state index in [4.69, 9.17) is 9.57 Å². The molecule has 1 aliphatic rings. The number of hydroxylamine groups is 1. The van der Waals surface area contributed by atoms with E-state index in [0.717, 1.165) is 30.6 Å². The molecule has 1 aliphatic heterocycles. The lowest BCUT2D eigenvalue weighted by Crippen LogP contribution is -2.23. The molecule has 14 heteroatoms. The molecule has 35 heavy (non-hydrogen) atoms. The molecule has 1 N–H and O–H groups in total. The van der Waals surface area contributed by atoms with Crippen molar-refractivity contribution in [2.75, 3.05) is 24.1 Å². The quantitative estimate of drug-likeness (QED) is 0.278. The lowest BCUT2D eigenvalue weighted by molar-refractivity contribution is -0.387. The number of benzene rings is 2. The van der Waals surface area contributed by atoms with Crippen LogP contribution in [0, 0.1) is 21.7 Å². The number of aromatic nitrogens is 2. The number of nitrogens with zero attached hydrogens (tertiary/aromatic N) is 4. The number of alkyl halides is 3. The van der Waals surface area contributed by atoms with Gasteiger partial charge in [0.2, 0.25) is 5.82 Å². The summed E-state index contributed by atoms with van der Waals surface area (Å²) in [5.74, 6) is -1.96. The molecule has 1 fully saturated rings. The smallest absolute Gasteiger partial charge is 0.416 e. The van der Waals surface area contributed by atoms with Crippen molar-refractivity contribution in [3.63, 3.8) is 0 Å². The Hall–Kier alpha value is -4.07. The predicted octanol–water partition coefficient (Wildman–Crippen LogP) is 5.32. The maximum absolute atomic E-state index is 14.0. The Bertz CT molecular complexity index is 1270. The van der Waals surface area contributed by atoms with Crippen LogP contribution in [0.4, 0.5) is 45.0 Å². The van der Waals surface area contributed by atoms with E-state index in [1.165, 1.54) is 18.2 Å². The minimum Gasteiger partial charge on any atom is -0.494 e. The van der Waals surface area contributed by atoms with Crippen molar-refractivity contribution < 1.29 is 36.4 Å². The monoisotopic (exact) mass is 497 g/mol. The average Bonchev–Trinajstić information content (AvgIpc) is 3.29. The summed E-state index contributed by atoms with van der Waals surface area (Å²) < 4.78 is 72.4. The van der Waals surface area contributed by atoms with Gasteiger partial charge >= 0.3 is 11.9 Å². The average molecular weight is 497 g/mol. The second-order valence-electron chi connectivity index (χ2n) is 7.38. The molecular formula is C21H16F5N5O4. The summed E-state index contributed by atoms with van der Waals surface area (Å²) in [6.07, 6.45) is -3.36. The number of methoxy groups -OCH3 is 1. The molecule has 1 saturated heterocycles. The van der Waals surface area contributed by atoms with Crippen molar-refractivity contribution in [2.24, 2.45) is 0 Å². The number of nitro groups is 1. The first-order valence-corrected chi connectivity index (χ1v) is 9.97. The summed E-state index contributed by atoms with van der Waals surface area (Å²) in [7, 11) is 1.24. The largest absolute Gasteiger partial charge is 0.494 e. The molecule has 2 heterocycles. The zero-order chi connectivity index (χ0) is 25.3. The molecule has 3 aromatic rings. The van der Waals surface area contributed by atoms with E-state index in [-0.39, 0.29) is 41.7 Å². The number of halogens is 5. The van der Waals surface area contributed by atoms with Gasteiger partial charge < -0.3 is 10.1 Å². The topological polar surface area (TPSA) is 103 Å². The van der Waals surface area contributed by atoms with Gasteiger partial charge in [-0.05, 0) is 23.8 Å². The second kappa shape index (κ2) is 9.29. The van der Waals surface area contributed by atoms with Gasteiger partial charge in [0, 0.05) is 24.6 Å². The third-order valence-electron chi connectivity index (χ3n) is 5.14. The number of ether oxygens (including phenoxy) is 1. The van der Waals surface area contributed by atoms with Gasteiger partial charge in [-0.25, -0.2) is 19.4 Å². The minimum atomic E-state index is -4.73. The molecule has 0 radical (unpaired) electrons. The third-order valence-corrected chi connectivity index (χ3v) is 5.14. The van der Waals surface area contributed by atoms with Gasteiger partial charge in [0.15, 0.2) is 5.82 Å². The van der Waals surface area contributed by atoms with E-state index >= 15 is 0 Å². The van der Waals surface area contributed by atoms with Gasteiger partial charge in [0.05, 0.1) is 35.9 Å². The number of nitro benzene ring substituents is 1. The van der Waals surface area contributed by atoms with Crippen LogP contribution in [0.5, 0.6) is 5.75 Å². The second-order valence-corrected chi connectivity index (χ2v) is 7.38. The highest BCUT2D eigenvalue weighted by molar-refractivity contribution is 5.69. The van der Waals surface area contributed by atoms with E-state index < -0.39 is 40.0 Å². The Morgan fingerprint density at radius 3 is 2.63 bits per heavy atom. The van der Waals surface area contributed by atoms with Gasteiger partial charge in [-0.2, -0.15) is 17.6 Å². The lowest BCUT2D eigenvalue weighted by Gasteiger charge is -2.24. The van der Waals surface area contributed by atoms with Crippen molar-refractivity contribution in [2.45, 2.75) is 18.6 Å². The van der Waals surface area contributed by atoms with Crippen LogP contribution in [0.3, 0.4) is 0 Å². The van der Waals surface area contributed by atoms with Crippen molar-refractivity contribution in [1.82, 2.24) is 9.97 Å². The predicted molar refractivity (Wildman–Crippen MR) is 112 cm³/mol. The first kappa shape index (κ1) is 24.1. The Morgan fingerprint density at radius 2 is 1.94 bits per heavy atom. The van der Waals surface area contributed by atoms with Crippen molar-refractivity contribution in [1.29, 1.82) is 0 Å². The first-order valence-electron chi connectivity index (χ1n) is 9.97. The zero-order valence-electron chi connectivity index (χ0n) is 17.8. The normalized spacial score (nSPS) is 15.8. The van der Waals surface area contributed by atoms with Crippen molar-refractivity contribution in [3.05, 3.63) is 75.6 Å². The maximum Gasteiger partial charge on any atom is 0.416 e. The molecular weight excluding hydrogens is 481 g/mol. The molecule has 1 unspecified atom stereocenters. The highest BCUT2D eigenvalue weighted by atomic mass is 19.4. The maximum atomic E-state index is 14.0. The summed E-state index contributed by atoms with van der Waals surface area (Å²) in [6.45, 7) is 0.132. The number of nitrogens with one attached hydrogen (secondary N) is 1. The van der Waals surface area contributed by atoms with Crippen LogP contribution in [0.15, 0.2) is 42.7 Å². The number of hydrogen-bond donors (Lipinski definition) is 1. The SMILES string of the molecule is COc1cc(F)c([N+](=O)[O-])cc1Nc1cc(N2OCCC2c2cc(F)cc(C(F)(F)F)c2)ncn1. The lowest BCUT2D eigenvalue weighted by atomic mass is 10.0. The summed E-state index contributed by atoms with van der Waals surface area (Å²) in [5, 5.41) is 15.1. The number of rotatable bonds is 6. The molecule has 0 amide bonds. The molecule has 184 valence electrons. The van der Waals surface area contributed by atoms with Crippen LogP contribution < -0.4 is 15.1 Å². The van der Waals surface area contributed by atoms with Crippen LogP contribution >= 0.6 is 0 Å². The first-order chi connectivity index (χ1) is 16.6. The van der Waals surface area contributed by atoms with E-state index in [2.05, 4.69) is 15.3 Å². The Kier molecular flexibility index (Phi) is 6.39. The van der Waals surface area contributed by atoms with Gasteiger partial charge in [0.1, 0.15) is 23.7 Å². The molecule has 0 aliphatic carbocycles. The number of anilines is 3. The van der Waals surface area contributed by atoms with Crippen molar-refractivity contribution in [3.8, 4) is 5.75 Å². The summed E-state index contributed by atoms with van der Waals surface area (Å²) in [4.78, 5) is 23.8. The third kappa shape index (κ3) is 5.06. The van der Waals surface area contributed by atoms with Gasteiger partial charge in [-0.3, -0.25) is 15.0 Å². The summed E-state index contributed by atoms with van der Waals surface area (Å²) in [5.41, 5.74) is -1.85. The van der Waals surface area contributed by atoms with Crippen LogP contribution in [-0.4, -0.2) is 28.6 Å². The van der Waals surface area contributed by atoms with E-state index in [9.17, 15) is 32.1 Å². The fourth-order valence-electron chi connectivity index (χ4n) is 3.59. The fraction of sp³-hybridized carbons (Fsp3) is 0.238. The molecule has 0 saturated carbocycles. The van der Waals surface area contributed by atoms with Gasteiger partial charge in [0.25, 0.3) is 0 Å². The van der Waals surface area contributed by atoms with Crippen LogP contribution in [-0.2, 0) is 11.0 Å². The standard InChI is InChI=1S/C21H16F5N5O4/c1-34-18-7-14(23)17(31(32)33)8-15(18)29-19-9-20(28-10-27-19)30-16(2-3-35-30)11-4-12(21(24,25)26)6-13(22)5-11/h4-10,16H,2-3H2,1H3,(H,27,28,29). The van der Waals surface area contributed by atoms with Crippen molar-refractivity contribution >= 4 is 23.0 Å².